The Balaban J connectivity index is 4.53. The van der Waals surface area contributed by atoms with Crippen LogP contribution in [0.5, 0.6) is 0 Å². The van der Waals surface area contributed by atoms with Gasteiger partial charge in [-0.2, -0.15) is 0 Å². The van der Waals surface area contributed by atoms with E-state index in [9.17, 15) is 14.4 Å². The third-order valence-corrected chi connectivity index (χ3v) is 2.82. The number of hydrogen-bond acceptors (Lipinski definition) is 6. The first-order chi connectivity index (χ1) is 9.83. The van der Waals surface area contributed by atoms with Crippen LogP contribution in [0.15, 0.2) is 12.7 Å². The molecular formula is C14H24N2O5. The number of esters is 2. The second kappa shape index (κ2) is 9.93. The lowest BCUT2D eigenvalue weighted by Gasteiger charge is -2.20. The summed E-state index contributed by atoms with van der Waals surface area (Å²) in [4.78, 5) is 34.9. The Labute approximate surface area is 124 Å². The van der Waals surface area contributed by atoms with Gasteiger partial charge in [-0.15, -0.1) is 0 Å². The van der Waals surface area contributed by atoms with Gasteiger partial charge in [-0.1, -0.05) is 26.5 Å². The maximum atomic E-state index is 11.9. The Morgan fingerprint density at radius 3 is 2.43 bits per heavy atom. The van der Waals surface area contributed by atoms with E-state index >= 15 is 0 Å². The molecule has 0 aliphatic heterocycles. The lowest BCUT2D eigenvalue weighted by atomic mass is 10.0. The molecule has 0 aromatic heterocycles. The third kappa shape index (κ3) is 7.45. The average molecular weight is 300 g/mol. The van der Waals surface area contributed by atoms with Crippen molar-refractivity contribution in [2.24, 2.45) is 11.7 Å². The van der Waals surface area contributed by atoms with Gasteiger partial charge in [-0.05, 0) is 12.3 Å². The molecule has 3 N–H and O–H groups in total. The zero-order valence-electron chi connectivity index (χ0n) is 12.8. The molecule has 7 heteroatoms. The highest BCUT2D eigenvalue weighted by atomic mass is 16.5. The van der Waals surface area contributed by atoms with Crippen LogP contribution in [0.3, 0.4) is 0 Å². The lowest BCUT2D eigenvalue weighted by Crippen LogP contribution is -2.50. The summed E-state index contributed by atoms with van der Waals surface area (Å²) in [5.41, 5.74) is 5.70. The number of rotatable bonds is 9. The normalized spacial score (nSPS) is 13.2. The number of nitrogens with two attached hydrogens (primary N) is 1. The van der Waals surface area contributed by atoms with Crippen LogP contribution in [0.25, 0.3) is 0 Å². The van der Waals surface area contributed by atoms with Gasteiger partial charge in [0.25, 0.3) is 0 Å². The van der Waals surface area contributed by atoms with Gasteiger partial charge in [0.05, 0.1) is 13.2 Å². The molecular weight excluding hydrogens is 276 g/mol. The van der Waals surface area contributed by atoms with E-state index in [1.54, 1.807) is 13.8 Å². The van der Waals surface area contributed by atoms with E-state index in [4.69, 9.17) is 10.5 Å². The largest absolute Gasteiger partial charge is 0.467 e. The van der Waals surface area contributed by atoms with Gasteiger partial charge >= 0.3 is 11.9 Å². The van der Waals surface area contributed by atoms with Crippen molar-refractivity contribution < 1.29 is 23.9 Å². The Kier molecular flexibility index (Phi) is 9.03. The molecule has 120 valence electrons. The average Bonchev–Trinajstić information content (AvgIpc) is 2.46. The molecule has 0 aliphatic carbocycles. The molecule has 0 radical (unpaired) electrons. The predicted molar refractivity (Wildman–Crippen MR) is 77.2 cm³/mol. The van der Waals surface area contributed by atoms with Gasteiger partial charge < -0.3 is 20.5 Å². The van der Waals surface area contributed by atoms with E-state index in [0.717, 1.165) is 0 Å². The predicted octanol–water partition coefficient (Wildman–Crippen LogP) is 0.137. The van der Waals surface area contributed by atoms with Crippen molar-refractivity contribution in [1.29, 1.82) is 0 Å². The van der Waals surface area contributed by atoms with E-state index < -0.39 is 29.9 Å². The molecule has 2 atom stereocenters. The van der Waals surface area contributed by atoms with Crippen molar-refractivity contribution in [3.63, 3.8) is 0 Å². The third-order valence-electron chi connectivity index (χ3n) is 2.82. The van der Waals surface area contributed by atoms with Crippen LogP contribution >= 0.6 is 0 Å². The Morgan fingerprint density at radius 1 is 1.33 bits per heavy atom. The molecule has 0 aliphatic rings. The molecule has 0 rings (SSSR count). The molecule has 0 saturated heterocycles. The van der Waals surface area contributed by atoms with Crippen LogP contribution in [-0.4, -0.2) is 43.6 Å². The minimum Gasteiger partial charge on any atom is -0.467 e. The molecule has 0 aromatic carbocycles. The second-order valence-corrected chi connectivity index (χ2v) is 4.86. The summed E-state index contributed by atoms with van der Waals surface area (Å²) in [5.74, 6) is -1.64. The molecule has 1 amide bonds. The SMILES string of the molecule is C=CCOC(=O)CC[C@H](NC(=O)C(N)C(C)C)C(=O)OC. The van der Waals surface area contributed by atoms with E-state index in [1.165, 1.54) is 13.2 Å². The van der Waals surface area contributed by atoms with Crippen molar-refractivity contribution in [1.82, 2.24) is 5.32 Å². The maximum absolute atomic E-state index is 11.9. The highest BCUT2D eigenvalue weighted by Crippen LogP contribution is 2.04. The topological polar surface area (TPSA) is 108 Å². The Bertz CT molecular complexity index is 382. The Morgan fingerprint density at radius 2 is 1.95 bits per heavy atom. The van der Waals surface area contributed by atoms with E-state index in [0.29, 0.717) is 0 Å². The molecule has 0 spiro atoms. The molecule has 0 fully saturated rings. The van der Waals surface area contributed by atoms with Crippen LogP contribution in [0.4, 0.5) is 0 Å². The number of methoxy groups -OCH3 is 1. The molecule has 0 aromatic rings. The number of hydrogen-bond donors (Lipinski definition) is 2. The van der Waals surface area contributed by atoms with Crippen LogP contribution < -0.4 is 11.1 Å². The van der Waals surface area contributed by atoms with Crippen LogP contribution in [0.2, 0.25) is 0 Å². The molecule has 0 heterocycles. The van der Waals surface area contributed by atoms with Crippen molar-refractivity contribution >= 4 is 17.8 Å². The summed E-state index contributed by atoms with van der Waals surface area (Å²) in [5, 5.41) is 2.49. The number of amides is 1. The van der Waals surface area contributed by atoms with Crippen LogP contribution in [0, 0.1) is 5.92 Å². The van der Waals surface area contributed by atoms with Gasteiger partial charge in [0.15, 0.2) is 0 Å². The summed E-state index contributed by atoms with van der Waals surface area (Å²) >= 11 is 0. The van der Waals surface area contributed by atoms with Gasteiger partial charge in [0.1, 0.15) is 12.6 Å². The fourth-order valence-corrected chi connectivity index (χ4v) is 1.45. The molecule has 21 heavy (non-hydrogen) atoms. The molecule has 0 bridgehead atoms. The maximum Gasteiger partial charge on any atom is 0.328 e. The minimum absolute atomic E-state index is 0.0230. The van der Waals surface area contributed by atoms with Crippen molar-refractivity contribution in [2.45, 2.75) is 38.8 Å². The number of nitrogens with one attached hydrogen (secondary N) is 1. The standard InChI is InChI=1S/C14H24N2O5/c1-5-8-21-11(17)7-6-10(14(19)20-4)16-13(18)12(15)9(2)3/h5,9-10,12H,1,6-8,15H2,2-4H3,(H,16,18)/t10-,12?/m0/s1. The molecule has 1 unspecified atom stereocenters. The highest BCUT2D eigenvalue weighted by molar-refractivity contribution is 5.87. The summed E-state index contributed by atoms with van der Waals surface area (Å²) in [6.07, 6.45) is 1.50. The lowest BCUT2D eigenvalue weighted by molar-refractivity contribution is -0.147. The van der Waals surface area contributed by atoms with Crippen molar-refractivity contribution in [2.75, 3.05) is 13.7 Å². The summed E-state index contributed by atoms with van der Waals surface area (Å²) in [6.45, 7) is 7.12. The first-order valence-electron chi connectivity index (χ1n) is 6.73. The Hall–Kier alpha value is -1.89. The first kappa shape index (κ1) is 19.1. The van der Waals surface area contributed by atoms with E-state index in [2.05, 4.69) is 16.6 Å². The van der Waals surface area contributed by atoms with E-state index in [-0.39, 0.29) is 25.4 Å². The smallest absolute Gasteiger partial charge is 0.328 e. The van der Waals surface area contributed by atoms with E-state index in [1.807, 2.05) is 0 Å². The summed E-state index contributed by atoms with van der Waals surface area (Å²) in [6, 6.07) is -1.66. The minimum atomic E-state index is -0.927. The number of carbonyl (C=O) groups excluding carboxylic acids is 3. The quantitative estimate of drug-likeness (QED) is 0.463. The van der Waals surface area contributed by atoms with Crippen LogP contribution in [-0.2, 0) is 23.9 Å². The van der Waals surface area contributed by atoms with Gasteiger partial charge in [0, 0.05) is 6.42 Å². The van der Waals surface area contributed by atoms with Gasteiger partial charge in [0.2, 0.25) is 5.91 Å². The summed E-state index contributed by atoms with van der Waals surface area (Å²) < 4.78 is 9.40. The number of ether oxygens (including phenoxy) is 2. The van der Waals surface area contributed by atoms with Gasteiger partial charge in [-0.25, -0.2) is 4.79 Å². The second-order valence-electron chi connectivity index (χ2n) is 4.86. The fraction of sp³-hybridized carbons (Fsp3) is 0.643. The first-order valence-corrected chi connectivity index (χ1v) is 6.73. The monoisotopic (exact) mass is 300 g/mol. The molecule has 7 nitrogen and oxygen atoms in total. The number of carbonyl (C=O) groups is 3. The zero-order chi connectivity index (χ0) is 16.4. The van der Waals surface area contributed by atoms with Gasteiger partial charge in [-0.3, -0.25) is 9.59 Å². The van der Waals surface area contributed by atoms with Crippen molar-refractivity contribution in [3.8, 4) is 0 Å². The molecule has 0 saturated carbocycles. The fourth-order valence-electron chi connectivity index (χ4n) is 1.45. The highest BCUT2D eigenvalue weighted by Gasteiger charge is 2.26. The van der Waals surface area contributed by atoms with Crippen LogP contribution in [0.1, 0.15) is 26.7 Å². The van der Waals surface area contributed by atoms with Crippen molar-refractivity contribution in [3.05, 3.63) is 12.7 Å². The zero-order valence-corrected chi connectivity index (χ0v) is 12.8. The summed E-state index contributed by atoms with van der Waals surface area (Å²) in [7, 11) is 1.21.